The van der Waals surface area contributed by atoms with Crippen LogP contribution in [0.15, 0.2) is 53.3 Å². The van der Waals surface area contributed by atoms with Crippen molar-refractivity contribution in [3.8, 4) is 17.2 Å². The minimum atomic E-state index is -4.61. The van der Waals surface area contributed by atoms with Crippen LogP contribution in [-0.4, -0.2) is 108 Å². The zero-order valence-electron chi connectivity index (χ0n) is 35.6. The topological polar surface area (TPSA) is 292 Å². The second kappa shape index (κ2) is 27.6. The maximum atomic E-state index is 14.1. The lowest BCUT2D eigenvalue weighted by Gasteiger charge is -2.14. The highest BCUT2D eigenvalue weighted by atomic mass is 35.5. The maximum absolute atomic E-state index is 14.1. The van der Waals surface area contributed by atoms with E-state index in [1.54, 1.807) is 0 Å². The summed E-state index contributed by atoms with van der Waals surface area (Å²) >= 11 is 17.3. The molecule has 0 aliphatic heterocycles. The standard InChI is InChI=1S/C18H13ClF3NO7.C13H10Cl2F3N3O3.C3H8NO5P.C3H9S/c1-2-28-16(24)9-29-17(25)12-8-11(4-5-14(12)23(26)27)30-15-6-3-10(7-13(15)19)18(20,21)22;1-5-19-21(13(24)20(5)12(17)18)10-3-6(2-8(15)11(22)23)7(14)4-9(10)16;5-3(6)1-4-2-10(7,8)9;1-4(2)3/h3-8H,2,9H2,1H3;3-4,8,12H,2H2,1H3,(H,22,23);4H,1-2H2,(H,5,6)(H2,7,8,9);1-3H3/q;;;+1/p-1. The van der Waals surface area contributed by atoms with E-state index in [-0.39, 0.29) is 50.5 Å². The minimum absolute atomic E-state index is 0.0493. The van der Waals surface area contributed by atoms with E-state index in [1.807, 2.05) is 5.32 Å². The van der Waals surface area contributed by atoms with E-state index in [4.69, 9.17) is 59.4 Å². The molecule has 31 heteroatoms. The van der Waals surface area contributed by atoms with Gasteiger partial charge in [0, 0.05) is 23.6 Å². The Kier molecular flexibility index (Phi) is 24.6. The molecular weight excluding hydrogens is 1040 g/mol. The molecule has 4 rings (SSSR count). The average molecular weight is 1080 g/mol. The molecule has 0 aliphatic rings. The van der Waals surface area contributed by atoms with Gasteiger partial charge in [-0.3, -0.25) is 25.0 Å². The number of hydrogen-bond donors (Lipinski definition) is 4. The van der Waals surface area contributed by atoms with Crippen LogP contribution in [-0.2, 0) is 51.9 Å². The molecule has 1 aromatic heterocycles. The number of carbonyl (C=O) groups excluding carboxylic acids is 2. The van der Waals surface area contributed by atoms with Gasteiger partial charge in [-0.15, -0.1) is 16.7 Å². The highest BCUT2D eigenvalue weighted by molar-refractivity contribution is 7.94. The van der Waals surface area contributed by atoms with Crippen molar-refractivity contribution in [2.75, 3.05) is 44.8 Å². The predicted molar refractivity (Wildman–Crippen MR) is 232 cm³/mol. The van der Waals surface area contributed by atoms with E-state index < -0.39 is 108 Å². The number of nitrogens with zero attached hydrogens (tertiary/aromatic N) is 4. The van der Waals surface area contributed by atoms with Crippen molar-refractivity contribution in [1.82, 2.24) is 19.7 Å². The Hall–Kier alpha value is -5.41. The number of carbonyl (C=O) groups is 4. The van der Waals surface area contributed by atoms with Crippen LogP contribution >= 0.6 is 42.4 Å². The van der Waals surface area contributed by atoms with Crippen molar-refractivity contribution < 1.29 is 89.2 Å². The predicted octanol–water partition coefficient (Wildman–Crippen LogP) is 6.20. The second-order valence-electron chi connectivity index (χ2n) is 13.2. The maximum Gasteiger partial charge on any atom is 0.416 e. The normalized spacial score (nSPS) is 12.2. The molecule has 4 aromatic rings. The van der Waals surface area contributed by atoms with E-state index in [9.17, 15) is 69.9 Å². The number of aromatic nitrogens is 3. The van der Waals surface area contributed by atoms with Crippen molar-refractivity contribution in [1.29, 1.82) is 0 Å². The van der Waals surface area contributed by atoms with Gasteiger partial charge < -0.3 is 38.8 Å². The van der Waals surface area contributed by atoms with Gasteiger partial charge in [-0.25, -0.2) is 23.3 Å². The first-order valence-corrected chi connectivity index (χ1v) is 23.6. The van der Waals surface area contributed by atoms with Crippen molar-refractivity contribution >= 4 is 82.9 Å². The molecule has 0 saturated heterocycles. The van der Waals surface area contributed by atoms with Crippen LogP contribution in [0.25, 0.3) is 5.69 Å². The van der Waals surface area contributed by atoms with Crippen molar-refractivity contribution in [2.24, 2.45) is 0 Å². The molecule has 3 aromatic carbocycles. The number of rotatable bonds is 16. The summed E-state index contributed by atoms with van der Waals surface area (Å²) in [4.78, 5) is 84.3. The van der Waals surface area contributed by atoms with Gasteiger partial charge in [0.15, 0.2) is 12.4 Å². The van der Waals surface area contributed by atoms with E-state index >= 15 is 0 Å². The van der Waals surface area contributed by atoms with Crippen LogP contribution in [0.2, 0.25) is 10.0 Å². The van der Waals surface area contributed by atoms with Crippen LogP contribution in [0.5, 0.6) is 11.5 Å². The van der Waals surface area contributed by atoms with Gasteiger partial charge in [-0.2, -0.15) is 26.6 Å². The Bertz CT molecular complexity index is 2530. The molecule has 0 fully saturated rings. The highest BCUT2D eigenvalue weighted by Crippen LogP contribution is 2.37. The summed E-state index contributed by atoms with van der Waals surface area (Å²) in [6, 6.07) is 7.24. The Morgan fingerprint density at radius 3 is 2.09 bits per heavy atom. The Morgan fingerprint density at radius 1 is 1.01 bits per heavy atom. The van der Waals surface area contributed by atoms with Crippen molar-refractivity contribution in [3.05, 3.63) is 108 Å². The molecule has 0 spiro atoms. The zero-order valence-corrected chi connectivity index (χ0v) is 39.6. The van der Waals surface area contributed by atoms with E-state index in [0.717, 1.165) is 49.4 Å². The fourth-order valence-corrected chi connectivity index (χ4v) is 5.54. The fourth-order valence-electron chi connectivity index (χ4n) is 4.53. The third-order valence-corrected chi connectivity index (χ3v) is 8.88. The summed E-state index contributed by atoms with van der Waals surface area (Å²) in [6.07, 6.45) is 1.01. The molecule has 2 atom stereocenters. The number of nitro groups is 1. The number of aliphatic carboxylic acids is 2. The van der Waals surface area contributed by atoms with Crippen LogP contribution in [0.3, 0.4) is 0 Å². The van der Waals surface area contributed by atoms with Crippen molar-refractivity contribution in [3.63, 3.8) is 0 Å². The molecule has 4 N–H and O–H groups in total. The van der Waals surface area contributed by atoms with E-state index in [1.165, 1.54) is 6.92 Å². The number of esters is 2. The number of hydrogen-bond acceptors (Lipinski definition) is 14. The molecule has 20 nitrogen and oxygen atoms in total. The lowest BCUT2D eigenvalue weighted by molar-refractivity contribution is -0.385. The van der Waals surface area contributed by atoms with Gasteiger partial charge in [0.1, 0.15) is 41.5 Å². The third-order valence-electron chi connectivity index (χ3n) is 7.27. The molecule has 68 heavy (non-hydrogen) atoms. The first kappa shape index (κ1) is 60.6. The molecule has 376 valence electrons. The van der Waals surface area contributed by atoms with Gasteiger partial charge in [0.2, 0.25) is 0 Å². The largest absolute Gasteiger partial charge is 0.778 e. The Balaban J connectivity index is 0.000000539. The molecule has 0 saturated carbocycles. The van der Waals surface area contributed by atoms with Crippen LogP contribution in [0, 0.1) is 22.9 Å². The van der Waals surface area contributed by atoms with Crippen molar-refractivity contribution in [2.45, 2.75) is 38.4 Å². The summed E-state index contributed by atoms with van der Waals surface area (Å²) in [5.41, 5.74) is -3.70. The first-order valence-electron chi connectivity index (χ1n) is 18.2. The number of nitro benzene ring substituents is 1. The van der Waals surface area contributed by atoms with Gasteiger partial charge >= 0.3 is 42.3 Å². The molecule has 0 radical (unpaired) electrons. The summed E-state index contributed by atoms with van der Waals surface area (Å²) in [7, 11) is -3.71. The number of aryl methyl sites for hydroxylation is 1. The van der Waals surface area contributed by atoms with Gasteiger partial charge in [-0.05, 0) is 66.7 Å². The quantitative estimate of drug-likeness (QED) is 0.0185. The summed E-state index contributed by atoms with van der Waals surface area (Å²) in [5, 5.41) is 31.7. The smallest absolute Gasteiger partial charge is 0.416 e. The van der Waals surface area contributed by atoms with E-state index in [0.29, 0.717) is 21.6 Å². The molecule has 0 aliphatic carbocycles. The van der Waals surface area contributed by atoms with Crippen LogP contribution < -0.4 is 20.6 Å². The second-order valence-corrected chi connectivity index (χ2v) is 18.6. The van der Waals surface area contributed by atoms with Gasteiger partial charge in [0.05, 0.1) is 53.7 Å². The molecular formula is C37H39Cl3F6N5O15PS. The molecule has 2 unspecified atom stereocenters. The fraction of sp³-hybridized carbons (Fsp3) is 0.351. The summed E-state index contributed by atoms with van der Waals surface area (Å²) in [5.74, 6) is -6.13. The number of carboxylic acid groups (broad SMARTS) is 2. The Labute approximate surface area is 398 Å². The lowest BCUT2D eigenvalue weighted by atomic mass is 10.1. The SMILES string of the molecule is CCOC(=O)COC(=O)c1cc(Oc2ccc(C(F)(F)F)cc2Cl)ccc1[N+](=O)[O-].C[S+](C)C.Cc1nn(-c2cc(CC(Cl)C(=O)O)c(Cl)cc2F)c(=O)n1C(F)F.O=C(O)CNCP(=O)([O-])O. The van der Waals surface area contributed by atoms with E-state index in [2.05, 4.69) is 28.6 Å². The van der Waals surface area contributed by atoms with Crippen LogP contribution in [0.1, 0.15) is 40.8 Å². The molecule has 0 bridgehead atoms. The van der Waals surface area contributed by atoms with Gasteiger partial charge in [-0.1, -0.05) is 23.2 Å². The first-order chi connectivity index (χ1) is 31.3. The number of benzene rings is 3. The number of alkyl halides is 6. The minimum Gasteiger partial charge on any atom is -0.778 e. The average Bonchev–Trinajstić information content (AvgIpc) is 3.50. The summed E-state index contributed by atoms with van der Waals surface area (Å²) < 4.78 is 103. The van der Waals surface area contributed by atoms with Crippen LogP contribution in [0.4, 0.5) is 32.0 Å². The number of nitrogens with one attached hydrogen (secondary N) is 1. The monoisotopic (exact) mass is 1080 g/mol. The molecule has 1 heterocycles. The lowest BCUT2D eigenvalue weighted by Crippen LogP contribution is -2.25. The highest BCUT2D eigenvalue weighted by Gasteiger charge is 2.31. The number of carboxylic acids is 2. The van der Waals surface area contributed by atoms with Gasteiger partial charge in [0.25, 0.3) is 5.69 Å². The Morgan fingerprint density at radius 2 is 1.62 bits per heavy atom. The summed E-state index contributed by atoms with van der Waals surface area (Å²) in [6.45, 7) is -1.63. The third kappa shape index (κ3) is 20.8. The zero-order chi connectivity index (χ0) is 52.4. The number of ether oxygens (including phenoxy) is 3. The molecule has 0 amide bonds. The number of halogens is 9.